The number of carboxylic acids is 1. The van der Waals surface area contributed by atoms with Crippen LogP contribution in [0.15, 0.2) is 12.3 Å². The van der Waals surface area contributed by atoms with Crippen LogP contribution in [0.4, 0.5) is 5.95 Å². The fourth-order valence-electron chi connectivity index (χ4n) is 0.666. The molecule has 1 aromatic rings. The predicted molar refractivity (Wildman–Crippen MR) is 37.8 cm³/mol. The van der Waals surface area contributed by atoms with Crippen LogP contribution in [0.1, 0.15) is 5.69 Å². The molecule has 0 spiro atoms. The molecule has 0 radical (unpaired) electrons. The Morgan fingerprint density at radius 2 is 2.45 bits per heavy atom. The van der Waals surface area contributed by atoms with Crippen LogP contribution in [0.3, 0.4) is 0 Å². The zero-order valence-corrected chi connectivity index (χ0v) is 5.69. The summed E-state index contributed by atoms with van der Waals surface area (Å²) in [5.74, 6) is -0.827. The molecule has 5 nitrogen and oxygen atoms in total. The standard InChI is InChI=1S/C6H7N3O2/c7-6-8-2-1-4(9-6)3-5(10)11/h1-2H,3H2,(H,10,11)(H2,7,8,9). The van der Waals surface area contributed by atoms with Crippen LogP contribution in [-0.4, -0.2) is 21.0 Å². The number of nitrogens with zero attached hydrogens (tertiary/aromatic N) is 2. The molecule has 0 aliphatic carbocycles. The van der Waals surface area contributed by atoms with Crippen molar-refractivity contribution < 1.29 is 9.90 Å². The Morgan fingerprint density at radius 3 is 3.00 bits per heavy atom. The maximum Gasteiger partial charge on any atom is 0.309 e. The van der Waals surface area contributed by atoms with Gasteiger partial charge in [-0.05, 0) is 6.07 Å². The third-order valence-corrected chi connectivity index (χ3v) is 1.06. The molecule has 0 saturated heterocycles. The molecule has 3 N–H and O–H groups in total. The van der Waals surface area contributed by atoms with Crippen LogP contribution in [-0.2, 0) is 11.2 Å². The summed E-state index contributed by atoms with van der Waals surface area (Å²) in [7, 11) is 0. The number of hydrogen-bond acceptors (Lipinski definition) is 4. The summed E-state index contributed by atoms with van der Waals surface area (Å²) in [6.45, 7) is 0. The lowest BCUT2D eigenvalue weighted by atomic mass is 10.3. The van der Waals surface area contributed by atoms with Gasteiger partial charge in [0.05, 0.1) is 12.1 Å². The van der Waals surface area contributed by atoms with E-state index in [1.807, 2.05) is 0 Å². The molecule has 58 valence electrons. The molecule has 1 rings (SSSR count). The highest BCUT2D eigenvalue weighted by Gasteiger charge is 2.01. The van der Waals surface area contributed by atoms with Gasteiger partial charge in [-0.3, -0.25) is 4.79 Å². The van der Waals surface area contributed by atoms with Crippen molar-refractivity contribution in [3.8, 4) is 0 Å². The number of rotatable bonds is 2. The van der Waals surface area contributed by atoms with E-state index in [4.69, 9.17) is 10.8 Å². The molecule has 0 aromatic carbocycles. The SMILES string of the molecule is Nc1nccc(CC(=O)O)n1. The van der Waals surface area contributed by atoms with Gasteiger partial charge in [0, 0.05) is 6.20 Å². The van der Waals surface area contributed by atoms with E-state index in [0.29, 0.717) is 5.69 Å². The number of hydrogen-bond donors (Lipinski definition) is 2. The van der Waals surface area contributed by atoms with Crippen LogP contribution >= 0.6 is 0 Å². The summed E-state index contributed by atoms with van der Waals surface area (Å²) in [6.07, 6.45) is 1.31. The van der Waals surface area contributed by atoms with Crippen molar-refractivity contribution in [2.24, 2.45) is 0 Å². The highest BCUT2D eigenvalue weighted by Crippen LogP contribution is 1.96. The van der Waals surface area contributed by atoms with E-state index >= 15 is 0 Å². The largest absolute Gasteiger partial charge is 0.481 e. The van der Waals surface area contributed by atoms with Crippen molar-refractivity contribution in [2.75, 3.05) is 5.73 Å². The minimum absolute atomic E-state index is 0.101. The number of nitrogen functional groups attached to an aromatic ring is 1. The van der Waals surface area contributed by atoms with Gasteiger partial charge in [0.15, 0.2) is 0 Å². The smallest absolute Gasteiger partial charge is 0.309 e. The second-order valence-electron chi connectivity index (χ2n) is 1.98. The Bertz CT molecular complexity index is 274. The van der Waals surface area contributed by atoms with Gasteiger partial charge in [-0.15, -0.1) is 0 Å². The van der Waals surface area contributed by atoms with E-state index in [9.17, 15) is 4.79 Å². The average molecular weight is 153 g/mol. The third-order valence-electron chi connectivity index (χ3n) is 1.06. The average Bonchev–Trinajstić information content (AvgIpc) is 1.85. The van der Waals surface area contributed by atoms with Crippen molar-refractivity contribution in [1.29, 1.82) is 0 Å². The van der Waals surface area contributed by atoms with E-state index in [1.165, 1.54) is 12.3 Å². The molecule has 1 aromatic heterocycles. The summed E-state index contributed by atoms with van der Waals surface area (Å²) in [6, 6.07) is 1.52. The highest BCUT2D eigenvalue weighted by atomic mass is 16.4. The molecular weight excluding hydrogens is 146 g/mol. The van der Waals surface area contributed by atoms with Crippen LogP contribution in [0.5, 0.6) is 0 Å². The summed E-state index contributed by atoms with van der Waals surface area (Å²) in [4.78, 5) is 17.5. The first-order chi connectivity index (χ1) is 5.18. The molecule has 0 aliphatic rings. The number of carbonyl (C=O) groups is 1. The van der Waals surface area contributed by atoms with E-state index in [-0.39, 0.29) is 12.4 Å². The normalized spacial score (nSPS) is 9.45. The summed E-state index contributed by atoms with van der Waals surface area (Å²) in [5, 5.41) is 8.36. The zero-order valence-electron chi connectivity index (χ0n) is 5.69. The van der Waals surface area contributed by atoms with Crippen molar-refractivity contribution in [3.63, 3.8) is 0 Å². The van der Waals surface area contributed by atoms with Crippen molar-refractivity contribution in [1.82, 2.24) is 9.97 Å². The van der Waals surface area contributed by atoms with Crippen LogP contribution in [0.25, 0.3) is 0 Å². The molecule has 0 atom stereocenters. The minimum Gasteiger partial charge on any atom is -0.481 e. The molecule has 0 bridgehead atoms. The first-order valence-electron chi connectivity index (χ1n) is 2.97. The van der Waals surface area contributed by atoms with Gasteiger partial charge in [-0.25, -0.2) is 9.97 Å². The zero-order chi connectivity index (χ0) is 8.27. The second kappa shape index (κ2) is 2.96. The summed E-state index contributed by atoms with van der Waals surface area (Å²) >= 11 is 0. The van der Waals surface area contributed by atoms with E-state index < -0.39 is 5.97 Å². The lowest BCUT2D eigenvalue weighted by Crippen LogP contribution is -2.04. The number of anilines is 1. The van der Waals surface area contributed by atoms with Gasteiger partial charge >= 0.3 is 5.97 Å². The molecule has 0 unspecified atom stereocenters. The molecule has 11 heavy (non-hydrogen) atoms. The van der Waals surface area contributed by atoms with Gasteiger partial charge in [0.1, 0.15) is 0 Å². The quantitative estimate of drug-likeness (QED) is 0.608. The monoisotopic (exact) mass is 153 g/mol. The van der Waals surface area contributed by atoms with Gasteiger partial charge in [-0.2, -0.15) is 0 Å². The van der Waals surface area contributed by atoms with Crippen molar-refractivity contribution >= 4 is 11.9 Å². The molecule has 5 heteroatoms. The van der Waals surface area contributed by atoms with Gasteiger partial charge in [0.25, 0.3) is 0 Å². The lowest BCUT2D eigenvalue weighted by Gasteiger charge is -1.95. The Labute approximate surface area is 62.9 Å². The Balaban J connectivity index is 2.79. The summed E-state index contributed by atoms with van der Waals surface area (Å²) < 4.78 is 0. The van der Waals surface area contributed by atoms with Gasteiger partial charge in [-0.1, -0.05) is 0 Å². The van der Waals surface area contributed by atoms with Crippen LogP contribution in [0.2, 0.25) is 0 Å². The fraction of sp³-hybridized carbons (Fsp3) is 0.167. The van der Waals surface area contributed by atoms with E-state index in [0.717, 1.165) is 0 Å². The Morgan fingerprint density at radius 1 is 1.73 bits per heavy atom. The number of aromatic nitrogens is 2. The number of nitrogens with two attached hydrogens (primary N) is 1. The second-order valence-corrected chi connectivity index (χ2v) is 1.98. The molecule has 0 amide bonds. The third kappa shape index (κ3) is 2.21. The first-order valence-corrected chi connectivity index (χ1v) is 2.97. The van der Waals surface area contributed by atoms with Crippen molar-refractivity contribution in [3.05, 3.63) is 18.0 Å². The van der Waals surface area contributed by atoms with Crippen LogP contribution < -0.4 is 5.73 Å². The van der Waals surface area contributed by atoms with Crippen LogP contribution in [0, 0.1) is 0 Å². The predicted octanol–water partition coefficient (Wildman–Crippen LogP) is -0.314. The molecule has 0 saturated carbocycles. The van der Waals surface area contributed by atoms with E-state index in [2.05, 4.69) is 9.97 Å². The van der Waals surface area contributed by atoms with E-state index in [1.54, 1.807) is 0 Å². The van der Waals surface area contributed by atoms with Crippen molar-refractivity contribution in [2.45, 2.75) is 6.42 Å². The molecular formula is C6H7N3O2. The topological polar surface area (TPSA) is 89.1 Å². The molecule has 1 heterocycles. The molecule has 0 aliphatic heterocycles. The van der Waals surface area contributed by atoms with Gasteiger partial charge < -0.3 is 10.8 Å². The number of carboxylic acid groups (broad SMARTS) is 1. The maximum atomic E-state index is 10.2. The first kappa shape index (κ1) is 7.46. The Hall–Kier alpha value is -1.65. The Kier molecular flexibility index (Phi) is 2.00. The fourth-order valence-corrected chi connectivity index (χ4v) is 0.666. The lowest BCUT2D eigenvalue weighted by molar-refractivity contribution is -0.136. The van der Waals surface area contributed by atoms with Gasteiger partial charge in [0.2, 0.25) is 5.95 Å². The molecule has 0 fully saturated rings. The summed E-state index contributed by atoms with van der Waals surface area (Å²) in [5.41, 5.74) is 5.64. The maximum absolute atomic E-state index is 10.2. The highest BCUT2D eigenvalue weighted by molar-refractivity contribution is 5.69. The minimum atomic E-state index is -0.928. The number of aliphatic carboxylic acids is 1.